The fourth-order valence-corrected chi connectivity index (χ4v) is 13.2. The van der Waals surface area contributed by atoms with Gasteiger partial charge in [0.05, 0.1) is 68.2 Å². The van der Waals surface area contributed by atoms with E-state index in [0.717, 1.165) is 0 Å². The van der Waals surface area contributed by atoms with Crippen LogP contribution in [0.25, 0.3) is 0 Å². The molecular weight excluding hydrogens is 714 g/mol. The minimum absolute atomic E-state index is 0.0837. The van der Waals surface area contributed by atoms with Gasteiger partial charge in [0.1, 0.15) is 0 Å². The van der Waals surface area contributed by atoms with Crippen LogP contribution in [-0.2, 0) is 0 Å². The van der Waals surface area contributed by atoms with Crippen LogP contribution < -0.4 is 60.8 Å². The minimum atomic E-state index is 0.0837. The SMILES string of the molecule is CN1c2ccccc2N2c3cccc4c3B(c3cccc1c32)c1sc2c3c1N4c1ccccc1N3c1cccc3c1B2c1cccc2c1N3c1ccccc1N2C. The van der Waals surface area contributed by atoms with Gasteiger partial charge in [0.25, 0.3) is 13.4 Å². The molecule has 57 heavy (non-hydrogen) atoms. The van der Waals surface area contributed by atoms with Crippen LogP contribution in [0.5, 0.6) is 0 Å². The van der Waals surface area contributed by atoms with Crippen molar-refractivity contribution >= 4 is 147 Å². The predicted molar refractivity (Wildman–Crippen MR) is 242 cm³/mol. The van der Waals surface area contributed by atoms with Crippen LogP contribution in [0, 0.1) is 0 Å². The first-order valence-corrected chi connectivity index (χ1v) is 20.6. The summed E-state index contributed by atoms with van der Waals surface area (Å²) >= 11 is 2.05. The van der Waals surface area contributed by atoms with Crippen LogP contribution in [0.15, 0.2) is 146 Å². The number of hydrogen-bond donors (Lipinski definition) is 0. The molecule has 7 aromatic carbocycles. The van der Waals surface area contributed by atoms with Crippen molar-refractivity contribution in [3.8, 4) is 0 Å². The Labute approximate surface area is 334 Å². The maximum absolute atomic E-state index is 2.62. The van der Waals surface area contributed by atoms with Crippen molar-refractivity contribution < 1.29 is 0 Å². The molecule has 0 saturated heterocycles. The molecule has 7 aliphatic rings. The number of hydrogen-bond acceptors (Lipinski definition) is 7. The second-order valence-corrected chi connectivity index (χ2v) is 17.3. The summed E-state index contributed by atoms with van der Waals surface area (Å²) in [6.45, 7) is 0.167. The van der Waals surface area contributed by atoms with Gasteiger partial charge in [0.15, 0.2) is 0 Å². The maximum Gasteiger partial charge on any atom is 0.264 e. The van der Waals surface area contributed by atoms with E-state index >= 15 is 0 Å². The van der Waals surface area contributed by atoms with E-state index in [9.17, 15) is 0 Å². The first-order chi connectivity index (χ1) is 28.2. The number of nitrogens with zero attached hydrogens (tertiary/aromatic N) is 6. The van der Waals surface area contributed by atoms with Gasteiger partial charge in [0, 0.05) is 46.4 Å². The first kappa shape index (κ1) is 29.5. The van der Waals surface area contributed by atoms with Gasteiger partial charge >= 0.3 is 0 Å². The molecule has 0 unspecified atom stereocenters. The zero-order chi connectivity index (χ0) is 37.0. The molecule has 0 bridgehead atoms. The van der Waals surface area contributed by atoms with Crippen LogP contribution in [0.3, 0.4) is 0 Å². The highest BCUT2D eigenvalue weighted by Crippen LogP contribution is 2.60. The molecule has 1 aromatic heterocycles. The summed E-state index contributed by atoms with van der Waals surface area (Å²) in [7, 11) is 4.45. The van der Waals surface area contributed by atoms with E-state index in [-0.39, 0.29) is 13.4 Å². The van der Waals surface area contributed by atoms with Gasteiger partial charge in [-0.25, -0.2) is 0 Å². The highest BCUT2D eigenvalue weighted by molar-refractivity contribution is 7.39. The Bertz CT molecular complexity index is 3000. The lowest BCUT2D eigenvalue weighted by atomic mass is 9.35. The topological polar surface area (TPSA) is 19.4 Å². The molecule has 6 nitrogen and oxygen atoms in total. The van der Waals surface area contributed by atoms with E-state index in [1.807, 2.05) is 0 Å². The Morgan fingerprint density at radius 3 is 1.02 bits per heavy atom. The molecular formula is C48H30B2N6S. The summed E-state index contributed by atoms with van der Waals surface area (Å²) in [5.74, 6) is 0. The largest absolute Gasteiger partial charge is 0.341 e. The smallest absolute Gasteiger partial charge is 0.264 e. The summed E-state index contributed by atoms with van der Waals surface area (Å²) in [5, 5.41) is 0. The van der Waals surface area contributed by atoms with E-state index in [1.165, 1.54) is 122 Å². The molecule has 8 aromatic rings. The molecule has 0 saturated carbocycles. The zero-order valence-corrected chi connectivity index (χ0v) is 31.9. The Balaban J connectivity index is 1.07. The second kappa shape index (κ2) is 9.75. The molecule has 9 heteroatoms. The fourth-order valence-electron chi connectivity index (χ4n) is 11.6. The van der Waals surface area contributed by atoms with Gasteiger partial charge in [-0.3, -0.25) is 0 Å². The monoisotopic (exact) mass is 744 g/mol. The first-order valence-electron chi connectivity index (χ1n) is 19.8. The van der Waals surface area contributed by atoms with Gasteiger partial charge in [-0.05, 0) is 94.6 Å². The molecule has 0 spiro atoms. The van der Waals surface area contributed by atoms with E-state index in [2.05, 4.69) is 200 Å². The number of thiophene rings is 1. The van der Waals surface area contributed by atoms with E-state index in [0.29, 0.717) is 0 Å². The van der Waals surface area contributed by atoms with Crippen LogP contribution in [-0.4, -0.2) is 27.5 Å². The van der Waals surface area contributed by atoms with Gasteiger partial charge in [0.2, 0.25) is 0 Å². The molecule has 264 valence electrons. The normalized spacial score (nSPS) is 15.6. The van der Waals surface area contributed by atoms with Gasteiger partial charge in [-0.1, -0.05) is 72.8 Å². The predicted octanol–water partition coefficient (Wildman–Crippen LogP) is 8.39. The van der Waals surface area contributed by atoms with Crippen molar-refractivity contribution in [2.75, 3.05) is 43.5 Å². The Morgan fingerprint density at radius 1 is 0.316 bits per heavy atom. The number of benzene rings is 7. The third kappa shape index (κ3) is 3.16. The third-order valence-corrected chi connectivity index (χ3v) is 15.1. The Kier molecular flexibility index (Phi) is 5.04. The molecule has 0 fully saturated rings. The van der Waals surface area contributed by atoms with E-state index < -0.39 is 0 Å². The number of rotatable bonds is 0. The van der Waals surface area contributed by atoms with Crippen LogP contribution in [0.4, 0.5) is 91.0 Å². The summed E-state index contributed by atoms with van der Waals surface area (Å²) < 4.78 is 2.86. The van der Waals surface area contributed by atoms with Crippen LogP contribution >= 0.6 is 11.3 Å². The zero-order valence-electron chi connectivity index (χ0n) is 31.1. The lowest BCUT2D eigenvalue weighted by molar-refractivity contribution is 1.13. The van der Waals surface area contributed by atoms with Crippen molar-refractivity contribution in [1.29, 1.82) is 0 Å². The average Bonchev–Trinajstić information content (AvgIpc) is 3.65. The summed E-state index contributed by atoms with van der Waals surface area (Å²) in [6, 6.07) is 54.8. The van der Waals surface area contributed by atoms with Crippen molar-refractivity contribution in [2.24, 2.45) is 0 Å². The molecule has 0 atom stereocenters. The number of para-hydroxylation sites is 8. The highest BCUT2D eigenvalue weighted by atomic mass is 32.1. The number of anilines is 16. The molecule has 0 radical (unpaired) electrons. The van der Waals surface area contributed by atoms with Crippen molar-refractivity contribution in [1.82, 2.24) is 0 Å². The summed E-state index contributed by atoms with van der Waals surface area (Å²) in [5.41, 5.74) is 25.7. The maximum atomic E-state index is 2.62. The van der Waals surface area contributed by atoms with Crippen molar-refractivity contribution in [3.05, 3.63) is 146 Å². The lowest BCUT2D eigenvalue weighted by Gasteiger charge is -2.50. The molecule has 7 aliphatic heterocycles. The van der Waals surface area contributed by atoms with Gasteiger partial charge in [-0.2, -0.15) is 11.3 Å². The van der Waals surface area contributed by atoms with Crippen LogP contribution in [0.2, 0.25) is 0 Å². The standard InChI is InChI=1S/C48H30B2N6S/c1-51-29-15-3-5-17-31(29)53-35-21-11-23-37-41(35)49(27-13-9-25-39(51)43(27)53)47-45-46-48(57-47)50-28-14-10-26-40-44(28)54(32-18-6-4-16-30(32)52(40)2)36-22-12-24-38(42(36)50)56(46)34-20-8-7-19-33(34)55(37)45/h3-26H,1-2H3. The summed E-state index contributed by atoms with van der Waals surface area (Å²) in [4.78, 5) is 15.1. The Morgan fingerprint density at radius 2 is 0.614 bits per heavy atom. The molecule has 0 N–H and O–H groups in total. The molecule has 8 heterocycles. The molecule has 15 rings (SSSR count). The minimum Gasteiger partial charge on any atom is -0.341 e. The third-order valence-electron chi connectivity index (χ3n) is 13.8. The van der Waals surface area contributed by atoms with Gasteiger partial charge in [-0.15, -0.1) is 0 Å². The van der Waals surface area contributed by atoms with Crippen molar-refractivity contribution in [2.45, 2.75) is 0 Å². The van der Waals surface area contributed by atoms with Gasteiger partial charge < -0.3 is 29.4 Å². The van der Waals surface area contributed by atoms with Crippen LogP contribution in [0.1, 0.15) is 0 Å². The Hall–Kier alpha value is -6.83. The molecule has 0 aliphatic carbocycles. The average molecular weight is 745 g/mol. The fraction of sp³-hybridized carbons (Fsp3) is 0.0417. The highest BCUT2D eigenvalue weighted by Gasteiger charge is 2.55. The molecule has 0 amide bonds. The number of fused-ring (bicyclic) bond motifs is 15. The second-order valence-electron chi connectivity index (χ2n) is 16.2. The summed E-state index contributed by atoms with van der Waals surface area (Å²) in [6.07, 6.45) is 0. The van der Waals surface area contributed by atoms with E-state index in [4.69, 9.17) is 0 Å². The lowest BCUT2D eigenvalue weighted by Crippen LogP contribution is -2.61. The van der Waals surface area contributed by atoms with E-state index in [1.54, 1.807) is 0 Å². The quantitative estimate of drug-likeness (QED) is 0.144. The van der Waals surface area contributed by atoms with Crippen molar-refractivity contribution in [3.63, 3.8) is 0 Å².